The van der Waals surface area contributed by atoms with E-state index >= 15 is 0 Å². The van der Waals surface area contributed by atoms with Gasteiger partial charge in [0.1, 0.15) is 5.75 Å². The zero-order valence-electron chi connectivity index (χ0n) is 10.8. The van der Waals surface area contributed by atoms with E-state index in [1.54, 1.807) is 44.1 Å². The number of nitrogens with zero attached hydrogens (tertiary/aromatic N) is 1. The van der Waals surface area contributed by atoms with Crippen molar-refractivity contribution in [2.75, 3.05) is 25.7 Å². The molecule has 0 saturated carbocycles. The standard InChI is InChI=1S/C12H16BrNO3S2/c1-14(9-5-6-18-8-9)19(15,16)10-3-4-12(17-2)11(13)7-10/h3-4,7,9H,5-6,8H2,1-2H3. The van der Waals surface area contributed by atoms with Crippen molar-refractivity contribution in [3.8, 4) is 5.75 Å². The Labute approximate surface area is 126 Å². The number of hydrogen-bond acceptors (Lipinski definition) is 4. The molecule has 0 amide bonds. The van der Waals surface area contributed by atoms with Crippen LogP contribution in [0.4, 0.5) is 0 Å². The van der Waals surface area contributed by atoms with Crippen LogP contribution in [0.1, 0.15) is 6.42 Å². The summed E-state index contributed by atoms with van der Waals surface area (Å²) in [5.74, 6) is 2.52. The summed E-state index contributed by atoms with van der Waals surface area (Å²) in [6, 6.07) is 4.93. The van der Waals surface area contributed by atoms with E-state index in [-0.39, 0.29) is 6.04 Å². The molecule has 19 heavy (non-hydrogen) atoms. The molecule has 0 aliphatic carbocycles. The van der Waals surface area contributed by atoms with Crippen molar-refractivity contribution in [2.45, 2.75) is 17.4 Å². The number of benzene rings is 1. The zero-order chi connectivity index (χ0) is 14.0. The third-order valence-electron chi connectivity index (χ3n) is 3.22. The first-order chi connectivity index (χ1) is 8.96. The molecule has 0 N–H and O–H groups in total. The van der Waals surface area contributed by atoms with Crippen molar-refractivity contribution in [3.63, 3.8) is 0 Å². The van der Waals surface area contributed by atoms with Crippen LogP contribution in [0, 0.1) is 0 Å². The highest BCUT2D eigenvalue weighted by Gasteiger charge is 2.30. The van der Waals surface area contributed by atoms with Gasteiger partial charge in [-0.25, -0.2) is 8.42 Å². The summed E-state index contributed by atoms with van der Waals surface area (Å²) in [6.07, 6.45) is 0.914. The van der Waals surface area contributed by atoms with Gasteiger partial charge in [0, 0.05) is 18.8 Å². The molecule has 7 heteroatoms. The quantitative estimate of drug-likeness (QED) is 0.822. The highest BCUT2D eigenvalue weighted by Crippen LogP contribution is 2.31. The summed E-state index contributed by atoms with van der Waals surface area (Å²) in [7, 11) is -0.227. The van der Waals surface area contributed by atoms with Gasteiger partial charge in [-0.1, -0.05) is 0 Å². The van der Waals surface area contributed by atoms with Crippen LogP contribution in [0.5, 0.6) is 5.75 Å². The van der Waals surface area contributed by atoms with Gasteiger partial charge in [0.05, 0.1) is 16.5 Å². The first-order valence-electron chi connectivity index (χ1n) is 5.86. The van der Waals surface area contributed by atoms with Crippen LogP contribution < -0.4 is 4.74 Å². The molecule has 4 nitrogen and oxygen atoms in total. The van der Waals surface area contributed by atoms with Crippen molar-refractivity contribution in [3.05, 3.63) is 22.7 Å². The van der Waals surface area contributed by atoms with Crippen LogP contribution in [0.15, 0.2) is 27.6 Å². The third kappa shape index (κ3) is 3.09. The summed E-state index contributed by atoms with van der Waals surface area (Å²) >= 11 is 5.12. The van der Waals surface area contributed by atoms with Crippen LogP contribution in [0.3, 0.4) is 0 Å². The predicted octanol–water partition coefficient (Wildman–Crippen LogP) is 2.58. The second-order valence-electron chi connectivity index (χ2n) is 4.34. The Morgan fingerprint density at radius 2 is 2.21 bits per heavy atom. The number of sulfonamides is 1. The lowest BCUT2D eigenvalue weighted by Gasteiger charge is -2.23. The van der Waals surface area contributed by atoms with E-state index < -0.39 is 10.0 Å². The van der Waals surface area contributed by atoms with Gasteiger partial charge in [-0.2, -0.15) is 16.1 Å². The lowest BCUT2D eigenvalue weighted by Crippen LogP contribution is -2.36. The molecular formula is C12H16BrNO3S2. The van der Waals surface area contributed by atoms with Gasteiger partial charge >= 0.3 is 0 Å². The monoisotopic (exact) mass is 365 g/mol. The van der Waals surface area contributed by atoms with Gasteiger partial charge in [0.2, 0.25) is 10.0 Å². The largest absolute Gasteiger partial charge is 0.496 e. The summed E-state index contributed by atoms with van der Waals surface area (Å²) in [4.78, 5) is 0.291. The van der Waals surface area contributed by atoms with E-state index in [0.717, 1.165) is 17.9 Å². The Hall–Kier alpha value is -0.240. The Morgan fingerprint density at radius 1 is 1.47 bits per heavy atom. The Balaban J connectivity index is 2.30. The molecule has 1 aliphatic rings. The number of rotatable bonds is 4. The number of hydrogen-bond donors (Lipinski definition) is 0. The highest BCUT2D eigenvalue weighted by molar-refractivity contribution is 9.10. The van der Waals surface area contributed by atoms with E-state index in [1.807, 2.05) is 0 Å². The summed E-state index contributed by atoms with van der Waals surface area (Å²) in [5.41, 5.74) is 0. The van der Waals surface area contributed by atoms with Crippen molar-refractivity contribution in [2.24, 2.45) is 0 Å². The van der Waals surface area contributed by atoms with Crippen LogP contribution in [-0.4, -0.2) is 44.4 Å². The molecule has 2 rings (SSSR count). The maximum absolute atomic E-state index is 12.5. The van der Waals surface area contributed by atoms with Gasteiger partial charge in [0.15, 0.2) is 0 Å². The van der Waals surface area contributed by atoms with E-state index in [0.29, 0.717) is 15.1 Å². The predicted molar refractivity (Wildman–Crippen MR) is 81.4 cm³/mol. The number of halogens is 1. The maximum atomic E-state index is 12.5. The number of ether oxygens (including phenoxy) is 1. The van der Waals surface area contributed by atoms with Gasteiger partial charge in [-0.05, 0) is 46.3 Å². The molecule has 1 aromatic carbocycles. The number of thioether (sulfide) groups is 1. The molecule has 1 unspecified atom stereocenters. The van der Waals surface area contributed by atoms with E-state index in [2.05, 4.69) is 15.9 Å². The molecule has 1 aliphatic heterocycles. The molecule has 0 bridgehead atoms. The summed E-state index contributed by atoms with van der Waals surface area (Å²) < 4.78 is 32.3. The molecule has 1 aromatic rings. The third-order valence-corrected chi connectivity index (χ3v) is 6.89. The van der Waals surface area contributed by atoms with Crippen molar-refractivity contribution < 1.29 is 13.2 Å². The molecule has 0 spiro atoms. The minimum Gasteiger partial charge on any atom is -0.496 e. The molecule has 0 radical (unpaired) electrons. The fraction of sp³-hybridized carbons (Fsp3) is 0.500. The summed E-state index contributed by atoms with van der Waals surface area (Å²) in [6.45, 7) is 0. The van der Waals surface area contributed by atoms with Crippen LogP contribution in [-0.2, 0) is 10.0 Å². The van der Waals surface area contributed by atoms with Gasteiger partial charge in [-0.3, -0.25) is 0 Å². The Bertz CT molecular complexity index is 556. The SMILES string of the molecule is COc1ccc(S(=O)(=O)N(C)C2CCSC2)cc1Br. The normalized spacial score (nSPS) is 19.9. The Morgan fingerprint density at radius 3 is 2.74 bits per heavy atom. The lowest BCUT2D eigenvalue weighted by molar-refractivity contribution is 0.394. The molecule has 1 saturated heterocycles. The van der Waals surface area contributed by atoms with E-state index in [4.69, 9.17) is 4.74 Å². The maximum Gasteiger partial charge on any atom is 0.243 e. The minimum absolute atomic E-state index is 0.0934. The fourth-order valence-corrected chi connectivity index (χ4v) is 5.45. The Kier molecular flexibility index (Phi) is 4.81. The first kappa shape index (κ1) is 15.2. The van der Waals surface area contributed by atoms with Crippen LogP contribution >= 0.6 is 27.7 Å². The molecular weight excluding hydrogens is 350 g/mol. The average Bonchev–Trinajstić information content (AvgIpc) is 2.91. The van der Waals surface area contributed by atoms with Gasteiger partial charge in [0.25, 0.3) is 0 Å². The van der Waals surface area contributed by atoms with Gasteiger partial charge in [-0.15, -0.1) is 0 Å². The van der Waals surface area contributed by atoms with Crippen molar-refractivity contribution in [1.82, 2.24) is 4.31 Å². The second kappa shape index (κ2) is 6.03. The smallest absolute Gasteiger partial charge is 0.243 e. The van der Waals surface area contributed by atoms with Crippen molar-refractivity contribution in [1.29, 1.82) is 0 Å². The number of methoxy groups -OCH3 is 1. The van der Waals surface area contributed by atoms with Crippen LogP contribution in [0.25, 0.3) is 0 Å². The fourth-order valence-electron chi connectivity index (χ4n) is 1.98. The topological polar surface area (TPSA) is 46.6 Å². The zero-order valence-corrected chi connectivity index (χ0v) is 14.0. The minimum atomic E-state index is -3.44. The van der Waals surface area contributed by atoms with E-state index in [9.17, 15) is 8.42 Å². The lowest BCUT2D eigenvalue weighted by atomic mass is 10.3. The van der Waals surface area contributed by atoms with Gasteiger partial charge < -0.3 is 4.74 Å². The summed E-state index contributed by atoms with van der Waals surface area (Å²) in [5, 5.41) is 0. The molecule has 1 heterocycles. The molecule has 0 aromatic heterocycles. The van der Waals surface area contributed by atoms with Crippen LogP contribution in [0.2, 0.25) is 0 Å². The molecule has 1 fully saturated rings. The van der Waals surface area contributed by atoms with E-state index in [1.165, 1.54) is 4.31 Å². The first-order valence-corrected chi connectivity index (χ1v) is 9.25. The van der Waals surface area contributed by atoms with Crippen molar-refractivity contribution >= 4 is 37.7 Å². The average molecular weight is 366 g/mol. The molecule has 1 atom stereocenters. The second-order valence-corrected chi connectivity index (χ2v) is 8.34. The highest BCUT2D eigenvalue weighted by atomic mass is 79.9. The molecule has 106 valence electrons.